The molecular weight excluding hydrogens is 390 g/mol. The van der Waals surface area contributed by atoms with E-state index in [4.69, 9.17) is 4.74 Å². The number of tetrazole rings is 1. The molecule has 4 aromatic rings. The van der Waals surface area contributed by atoms with E-state index < -0.39 is 0 Å². The molecule has 0 amide bonds. The molecule has 0 spiro atoms. The third-order valence-corrected chi connectivity index (χ3v) is 4.83. The minimum atomic E-state index is 0.438. The Labute approximate surface area is 181 Å². The van der Waals surface area contributed by atoms with Crippen molar-refractivity contribution in [3.8, 4) is 28.5 Å². The van der Waals surface area contributed by atoms with Crippen LogP contribution in [0.25, 0.3) is 22.5 Å². The smallest absolute Gasteiger partial charge is 0.335 e. The highest BCUT2D eigenvalue weighted by Gasteiger charge is 2.12. The van der Waals surface area contributed by atoms with Crippen molar-refractivity contribution in [2.75, 3.05) is 6.61 Å². The van der Waals surface area contributed by atoms with Crippen LogP contribution in [-0.4, -0.2) is 42.0 Å². The molecule has 2 aromatic carbocycles. The molecule has 8 nitrogen and oxygen atoms in total. The third-order valence-electron chi connectivity index (χ3n) is 4.83. The first-order valence-corrected chi connectivity index (χ1v) is 10.4. The summed E-state index contributed by atoms with van der Waals surface area (Å²) in [7, 11) is 0. The molecule has 0 aliphatic heterocycles. The fourth-order valence-electron chi connectivity index (χ4n) is 3.28. The molecule has 0 radical (unpaired) electrons. The molecule has 0 aliphatic rings. The van der Waals surface area contributed by atoms with E-state index in [1.54, 1.807) is 0 Å². The summed E-state index contributed by atoms with van der Waals surface area (Å²) in [6.45, 7) is 5.31. The average Bonchev–Trinajstić information content (AvgIpc) is 3.47. The number of allylic oxidation sites excluding steroid dienone is 2. The van der Waals surface area contributed by atoms with Crippen molar-refractivity contribution in [2.24, 2.45) is 0 Å². The molecular formula is C23H25N7O. The van der Waals surface area contributed by atoms with Gasteiger partial charge < -0.3 is 4.74 Å². The molecule has 0 saturated heterocycles. The first-order chi connectivity index (χ1) is 15.3. The summed E-state index contributed by atoms with van der Waals surface area (Å²) in [5, 5.41) is 18.8. The molecule has 2 aromatic heterocycles. The molecule has 0 unspecified atom stereocenters. The van der Waals surface area contributed by atoms with E-state index in [1.807, 2.05) is 35.9 Å². The molecule has 0 aliphatic carbocycles. The van der Waals surface area contributed by atoms with Crippen LogP contribution in [-0.2, 0) is 13.0 Å². The van der Waals surface area contributed by atoms with Crippen molar-refractivity contribution in [3.63, 3.8) is 0 Å². The van der Waals surface area contributed by atoms with E-state index in [9.17, 15) is 0 Å². The van der Waals surface area contributed by atoms with Crippen LogP contribution < -0.4 is 4.74 Å². The van der Waals surface area contributed by atoms with Crippen LogP contribution in [0.15, 0.2) is 60.7 Å². The van der Waals surface area contributed by atoms with Crippen LogP contribution in [0.3, 0.4) is 0 Å². The minimum absolute atomic E-state index is 0.438. The van der Waals surface area contributed by atoms with Gasteiger partial charge in [0, 0.05) is 12.0 Å². The third kappa shape index (κ3) is 4.85. The number of nitrogens with one attached hydrogen (secondary N) is 1. The highest BCUT2D eigenvalue weighted by Crippen LogP contribution is 2.29. The highest BCUT2D eigenvalue weighted by molar-refractivity contribution is 5.80. The maximum absolute atomic E-state index is 5.63. The van der Waals surface area contributed by atoms with Gasteiger partial charge in [-0.05, 0) is 40.5 Å². The van der Waals surface area contributed by atoms with E-state index in [1.165, 1.54) is 0 Å². The number of H-pyrrole nitrogens is 1. The largest absolute Gasteiger partial charge is 0.462 e. The van der Waals surface area contributed by atoms with E-state index in [-0.39, 0.29) is 0 Å². The quantitative estimate of drug-likeness (QED) is 0.414. The lowest BCUT2D eigenvalue weighted by atomic mass is 9.98. The predicted molar refractivity (Wildman–Crippen MR) is 118 cm³/mol. The standard InChI is InChI=1S/C23H25N7O/c1-3-5-10-21-24-23(31-15-4-2)27-30(21)16-17-11-13-18(14-12-17)19-8-6-7-9-20(19)22-25-28-29-26-22/h3,5-9,11-14H,4,10,15-16H2,1-2H3,(H,25,26,28,29). The molecule has 0 fully saturated rings. The van der Waals surface area contributed by atoms with Gasteiger partial charge in [-0.2, -0.15) is 4.98 Å². The average molecular weight is 416 g/mol. The first kappa shape index (κ1) is 20.5. The Kier molecular flexibility index (Phi) is 6.47. The summed E-state index contributed by atoms with van der Waals surface area (Å²) in [4.78, 5) is 4.54. The Morgan fingerprint density at radius 1 is 1.06 bits per heavy atom. The van der Waals surface area contributed by atoms with Crippen LogP contribution in [0, 0.1) is 0 Å². The maximum Gasteiger partial charge on any atom is 0.335 e. The SMILES string of the molecule is CC=CCc1nc(OCCC)nn1Cc1ccc(-c2ccccc2-c2nnn[nH]2)cc1. The summed E-state index contributed by atoms with van der Waals surface area (Å²) in [5.41, 5.74) is 4.26. The number of nitrogens with zero attached hydrogens (tertiary/aromatic N) is 6. The zero-order valence-corrected chi connectivity index (χ0v) is 17.7. The topological polar surface area (TPSA) is 94.4 Å². The van der Waals surface area contributed by atoms with Gasteiger partial charge in [0.2, 0.25) is 0 Å². The Morgan fingerprint density at radius 3 is 2.58 bits per heavy atom. The molecule has 31 heavy (non-hydrogen) atoms. The van der Waals surface area contributed by atoms with E-state index >= 15 is 0 Å². The van der Waals surface area contributed by atoms with Gasteiger partial charge in [-0.15, -0.1) is 10.2 Å². The van der Waals surface area contributed by atoms with Crippen LogP contribution >= 0.6 is 0 Å². The van der Waals surface area contributed by atoms with E-state index in [0.29, 0.717) is 25.0 Å². The van der Waals surface area contributed by atoms with Gasteiger partial charge in [0.1, 0.15) is 5.82 Å². The van der Waals surface area contributed by atoms with Gasteiger partial charge in [0.05, 0.1) is 13.2 Å². The molecule has 158 valence electrons. The highest BCUT2D eigenvalue weighted by atomic mass is 16.5. The van der Waals surface area contributed by atoms with Crippen LogP contribution in [0.4, 0.5) is 0 Å². The van der Waals surface area contributed by atoms with E-state index in [0.717, 1.165) is 40.9 Å². The molecule has 8 heteroatoms. The molecule has 0 atom stereocenters. The summed E-state index contributed by atoms with van der Waals surface area (Å²) >= 11 is 0. The van der Waals surface area contributed by atoms with Crippen molar-refractivity contribution < 1.29 is 4.74 Å². The van der Waals surface area contributed by atoms with Crippen LogP contribution in [0.5, 0.6) is 6.01 Å². The Hall–Kier alpha value is -3.81. The van der Waals surface area contributed by atoms with Crippen LogP contribution in [0.1, 0.15) is 31.7 Å². The summed E-state index contributed by atoms with van der Waals surface area (Å²) < 4.78 is 7.54. The Balaban J connectivity index is 1.57. The fourth-order valence-corrected chi connectivity index (χ4v) is 3.28. The van der Waals surface area contributed by atoms with Gasteiger partial charge in [0.15, 0.2) is 5.82 Å². The zero-order valence-electron chi connectivity index (χ0n) is 17.7. The second-order valence-corrected chi connectivity index (χ2v) is 7.08. The summed E-state index contributed by atoms with van der Waals surface area (Å²) in [6, 6.07) is 16.9. The molecule has 0 bridgehead atoms. The van der Waals surface area contributed by atoms with Gasteiger partial charge in [-0.3, -0.25) is 0 Å². The second-order valence-electron chi connectivity index (χ2n) is 7.08. The van der Waals surface area contributed by atoms with Crippen molar-refractivity contribution >= 4 is 0 Å². The van der Waals surface area contributed by atoms with Crippen molar-refractivity contribution in [1.82, 2.24) is 35.4 Å². The summed E-state index contributed by atoms with van der Waals surface area (Å²) in [5.74, 6) is 1.53. The van der Waals surface area contributed by atoms with Crippen molar-refractivity contribution in [1.29, 1.82) is 0 Å². The van der Waals surface area contributed by atoms with Gasteiger partial charge in [-0.1, -0.05) is 67.6 Å². The number of aromatic nitrogens is 7. The number of ether oxygens (including phenoxy) is 1. The zero-order chi connectivity index (χ0) is 21.5. The van der Waals surface area contributed by atoms with Crippen LogP contribution in [0.2, 0.25) is 0 Å². The van der Waals surface area contributed by atoms with Crippen molar-refractivity contribution in [3.05, 3.63) is 72.1 Å². The number of hydrogen-bond acceptors (Lipinski definition) is 6. The lowest BCUT2D eigenvalue weighted by Gasteiger charge is -2.09. The number of rotatable bonds is 9. The molecule has 1 N–H and O–H groups in total. The Bertz CT molecular complexity index is 1130. The van der Waals surface area contributed by atoms with Gasteiger partial charge >= 0.3 is 6.01 Å². The first-order valence-electron chi connectivity index (χ1n) is 10.4. The predicted octanol–water partition coefficient (Wildman–Crippen LogP) is 4.08. The Morgan fingerprint density at radius 2 is 1.87 bits per heavy atom. The number of benzene rings is 2. The lowest BCUT2D eigenvalue weighted by molar-refractivity contribution is 0.291. The number of aromatic amines is 1. The second kappa shape index (κ2) is 9.80. The monoisotopic (exact) mass is 415 g/mol. The summed E-state index contributed by atoms with van der Waals surface area (Å²) in [6.07, 6.45) is 5.73. The van der Waals surface area contributed by atoms with Gasteiger partial charge in [-0.25, -0.2) is 9.78 Å². The number of hydrogen-bond donors (Lipinski definition) is 1. The maximum atomic E-state index is 5.63. The normalized spacial score (nSPS) is 11.3. The molecule has 2 heterocycles. The fraction of sp³-hybridized carbons (Fsp3) is 0.261. The minimum Gasteiger partial charge on any atom is -0.462 e. The van der Waals surface area contributed by atoms with Crippen molar-refractivity contribution in [2.45, 2.75) is 33.2 Å². The van der Waals surface area contributed by atoms with E-state index in [2.05, 4.69) is 74.0 Å². The van der Waals surface area contributed by atoms with Gasteiger partial charge in [0.25, 0.3) is 0 Å². The molecule has 4 rings (SSSR count). The molecule has 0 saturated carbocycles. The lowest BCUT2D eigenvalue weighted by Crippen LogP contribution is -2.06.